The molecule has 0 aliphatic rings. The highest BCUT2D eigenvalue weighted by molar-refractivity contribution is 5.99. The quantitative estimate of drug-likeness (QED) is 0.459. The van der Waals surface area contributed by atoms with Gasteiger partial charge in [0.1, 0.15) is 17.3 Å². The summed E-state index contributed by atoms with van der Waals surface area (Å²) in [5.41, 5.74) is 1.28. The van der Waals surface area contributed by atoms with E-state index in [2.05, 4.69) is 26.0 Å². The highest BCUT2D eigenvalue weighted by Crippen LogP contribution is 2.25. The maximum Gasteiger partial charge on any atom is 0.255 e. The number of aromatic nitrogens is 3. The van der Waals surface area contributed by atoms with Crippen LogP contribution < -0.4 is 16.0 Å². The summed E-state index contributed by atoms with van der Waals surface area (Å²) in [7, 11) is 3.22. The molecule has 0 fully saturated rings. The maximum atomic E-state index is 14.9. The Labute approximate surface area is 190 Å². The van der Waals surface area contributed by atoms with E-state index in [1.54, 1.807) is 32.3 Å². The van der Waals surface area contributed by atoms with Gasteiger partial charge >= 0.3 is 0 Å². The van der Waals surface area contributed by atoms with Crippen LogP contribution in [0.3, 0.4) is 0 Å². The molecule has 0 saturated heterocycles. The first-order valence-electron chi connectivity index (χ1n) is 10.5. The van der Waals surface area contributed by atoms with Gasteiger partial charge in [-0.1, -0.05) is 19.1 Å². The predicted molar refractivity (Wildman–Crippen MR) is 121 cm³/mol. The third-order valence-corrected chi connectivity index (χ3v) is 5.06. The number of aryl methyl sites for hydroxylation is 1. The van der Waals surface area contributed by atoms with Gasteiger partial charge in [-0.15, -0.1) is 0 Å². The molecule has 33 heavy (non-hydrogen) atoms. The van der Waals surface area contributed by atoms with E-state index in [4.69, 9.17) is 0 Å². The molecule has 0 saturated carbocycles. The number of amides is 2. The molecular weight excluding hydrogens is 430 g/mol. The Kier molecular flexibility index (Phi) is 7.70. The van der Waals surface area contributed by atoms with Gasteiger partial charge in [-0.25, -0.2) is 13.8 Å². The Balaban J connectivity index is 1.84. The van der Waals surface area contributed by atoms with Crippen LogP contribution in [0.25, 0.3) is 11.3 Å². The first-order chi connectivity index (χ1) is 15.8. The number of carbonyl (C=O) groups excluding carboxylic acids is 2. The smallest absolute Gasteiger partial charge is 0.255 e. The van der Waals surface area contributed by atoms with Crippen molar-refractivity contribution in [3.05, 3.63) is 65.5 Å². The fourth-order valence-corrected chi connectivity index (χ4v) is 3.24. The zero-order chi connectivity index (χ0) is 24.0. The number of halogens is 2. The van der Waals surface area contributed by atoms with Gasteiger partial charge in [0.05, 0.1) is 17.7 Å². The Morgan fingerprint density at radius 3 is 2.67 bits per heavy atom. The minimum Gasteiger partial charge on any atom is -0.369 e. The van der Waals surface area contributed by atoms with Gasteiger partial charge in [-0.2, -0.15) is 5.10 Å². The van der Waals surface area contributed by atoms with E-state index in [9.17, 15) is 18.4 Å². The minimum absolute atomic E-state index is 0.00323. The second kappa shape index (κ2) is 10.7. The van der Waals surface area contributed by atoms with Gasteiger partial charge in [-0.05, 0) is 30.2 Å². The number of benzene rings is 1. The van der Waals surface area contributed by atoms with E-state index in [-0.39, 0.29) is 35.3 Å². The lowest BCUT2D eigenvalue weighted by atomic mass is 10.1. The molecule has 0 spiro atoms. The van der Waals surface area contributed by atoms with Crippen LogP contribution in [0.15, 0.2) is 42.7 Å². The Morgan fingerprint density at radius 2 is 2.00 bits per heavy atom. The minimum atomic E-state index is -0.678. The molecule has 2 heterocycles. The molecule has 0 unspecified atom stereocenters. The summed E-state index contributed by atoms with van der Waals surface area (Å²) in [6.45, 7) is 2.08. The van der Waals surface area contributed by atoms with Gasteiger partial charge in [0.25, 0.3) is 5.91 Å². The second-order valence-electron chi connectivity index (χ2n) is 7.65. The number of pyridine rings is 1. The van der Waals surface area contributed by atoms with E-state index < -0.39 is 17.6 Å². The molecule has 1 atom stereocenters. The topological polar surface area (TPSA) is 101 Å². The Bertz CT molecular complexity index is 1150. The van der Waals surface area contributed by atoms with E-state index in [0.717, 1.165) is 11.6 Å². The number of carbonyl (C=O) groups is 2. The lowest BCUT2D eigenvalue weighted by molar-refractivity contribution is -0.123. The van der Waals surface area contributed by atoms with Crippen LogP contribution in [0.2, 0.25) is 0 Å². The fraction of sp³-hybridized carbons (Fsp3) is 0.304. The molecule has 0 aliphatic heterocycles. The summed E-state index contributed by atoms with van der Waals surface area (Å²) in [6, 6.07) is 7.31. The standard InChI is InChI=1S/C23H26F2N6O2/c1-14(22(32)26-2)11-28-23(33)18-10-19(25)20(16-12-29-31(3)13-16)30-21(18)27-8-7-15-5-4-6-17(24)9-15/h4-6,9-10,12-14H,7-8,11H2,1-3H3,(H,26,32)(H,27,30)(H,28,33)/t14-/m1/s1. The summed E-state index contributed by atoms with van der Waals surface area (Å²) in [5, 5.41) is 12.3. The van der Waals surface area contributed by atoms with Crippen molar-refractivity contribution >= 4 is 17.6 Å². The second-order valence-corrected chi connectivity index (χ2v) is 7.65. The zero-order valence-electron chi connectivity index (χ0n) is 18.7. The Hall–Kier alpha value is -3.82. The lowest BCUT2D eigenvalue weighted by Crippen LogP contribution is -2.36. The van der Waals surface area contributed by atoms with E-state index in [0.29, 0.717) is 18.5 Å². The van der Waals surface area contributed by atoms with Crippen LogP contribution in [-0.2, 0) is 18.3 Å². The van der Waals surface area contributed by atoms with Crippen LogP contribution in [0.5, 0.6) is 0 Å². The summed E-state index contributed by atoms with van der Waals surface area (Å²) in [6.07, 6.45) is 3.56. The van der Waals surface area contributed by atoms with Crippen molar-refractivity contribution in [1.29, 1.82) is 0 Å². The van der Waals surface area contributed by atoms with Gasteiger partial charge in [0.2, 0.25) is 5.91 Å². The van der Waals surface area contributed by atoms with Crippen LogP contribution >= 0.6 is 0 Å². The molecule has 174 valence electrons. The number of nitrogens with one attached hydrogen (secondary N) is 3. The summed E-state index contributed by atoms with van der Waals surface area (Å²) in [5.74, 6) is -2.09. The zero-order valence-corrected chi connectivity index (χ0v) is 18.7. The molecule has 3 aromatic rings. The van der Waals surface area contributed by atoms with Gasteiger partial charge < -0.3 is 16.0 Å². The van der Waals surface area contributed by atoms with Crippen LogP contribution in [0, 0.1) is 17.6 Å². The summed E-state index contributed by atoms with van der Waals surface area (Å²) < 4.78 is 29.9. The molecule has 0 radical (unpaired) electrons. The molecule has 0 bridgehead atoms. The van der Waals surface area contributed by atoms with Crippen molar-refractivity contribution in [2.75, 3.05) is 25.5 Å². The van der Waals surface area contributed by atoms with Crippen molar-refractivity contribution in [3.63, 3.8) is 0 Å². The number of rotatable bonds is 9. The van der Waals surface area contributed by atoms with E-state index in [1.165, 1.54) is 30.1 Å². The van der Waals surface area contributed by atoms with Crippen LogP contribution in [0.4, 0.5) is 14.6 Å². The van der Waals surface area contributed by atoms with Gasteiger partial charge in [0, 0.05) is 38.9 Å². The molecule has 8 nitrogen and oxygen atoms in total. The molecule has 2 amide bonds. The van der Waals surface area contributed by atoms with Crippen molar-refractivity contribution in [1.82, 2.24) is 25.4 Å². The molecule has 10 heteroatoms. The first kappa shape index (κ1) is 23.8. The maximum absolute atomic E-state index is 14.9. The monoisotopic (exact) mass is 456 g/mol. The fourth-order valence-electron chi connectivity index (χ4n) is 3.24. The van der Waals surface area contributed by atoms with Crippen molar-refractivity contribution in [2.24, 2.45) is 13.0 Å². The molecule has 0 aliphatic carbocycles. The third kappa shape index (κ3) is 6.12. The highest BCUT2D eigenvalue weighted by atomic mass is 19.1. The Morgan fingerprint density at radius 1 is 1.21 bits per heavy atom. The van der Waals surface area contributed by atoms with Gasteiger partial charge in [-0.3, -0.25) is 14.3 Å². The number of hydrogen-bond donors (Lipinski definition) is 3. The number of hydrogen-bond acceptors (Lipinski definition) is 5. The lowest BCUT2D eigenvalue weighted by Gasteiger charge is -2.15. The molecular formula is C23H26F2N6O2. The number of anilines is 1. The molecule has 3 rings (SSSR count). The summed E-state index contributed by atoms with van der Waals surface area (Å²) in [4.78, 5) is 28.9. The molecule has 2 aromatic heterocycles. The van der Waals surface area contributed by atoms with Crippen molar-refractivity contribution in [2.45, 2.75) is 13.3 Å². The van der Waals surface area contributed by atoms with Crippen molar-refractivity contribution < 1.29 is 18.4 Å². The van der Waals surface area contributed by atoms with Crippen LogP contribution in [-0.4, -0.2) is 46.7 Å². The normalized spacial score (nSPS) is 11.7. The average molecular weight is 456 g/mol. The summed E-state index contributed by atoms with van der Waals surface area (Å²) >= 11 is 0. The SMILES string of the molecule is CNC(=O)[C@H](C)CNC(=O)c1cc(F)c(-c2cnn(C)c2)nc1NCCc1cccc(F)c1. The molecule has 3 N–H and O–H groups in total. The average Bonchev–Trinajstić information content (AvgIpc) is 3.23. The largest absolute Gasteiger partial charge is 0.369 e. The van der Waals surface area contributed by atoms with Gasteiger partial charge in [0.15, 0.2) is 5.82 Å². The predicted octanol–water partition coefficient (Wildman–Crippen LogP) is 2.53. The van der Waals surface area contributed by atoms with Crippen molar-refractivity contribution in [3.8, 4) is 11.3 Å². The van der Waals surface area contributed by atoms with E-state index >= 15 is 0 Å². The first-order valence-corrected chi connectivity index (χ1v) is 10.5. The van der Waals surface area contributed by atoms with Crippen LogP contribution in [0.1, 0.15) is 22.8 Å². The van der Waals surface area contributed by atoms with E-state index in [1.807, 2.05) is 0 Å². The molecule has 1 aromatic carbocycles. The third-order valence-electron chi connectivity index (χ3n) is 5.06. The highest BCUT2D eigenvalue weighted by Gasteiger charge is 2.20. The number of nitrogens with zero attached hydrogens (tertiary/aromatic N) is 3.